The summed E-state index contributed by atoms with van der Waals surface area (Å²) in [5, 5.41) is 0. The minimum Gasteiger partial charge on any atom is -0.493 e. The van der Waals surface area contributed by atoms with Crippen LogP contribution in [0.5, 0.6) is 23.0 Å². The van der Waals surface area contributed by atoms with Crippen LogP contribution in [0.1, 0.15) is 11.1 Å². The predicted octanol–water partition coefficient (Wildman–Crippen LogP) is 3.31. The van der Waals surface area contributed by atoms with Crippen molar-refractivity contribution in [3.8, 4) is 23.0 Å². The molecule has 0 radical (unpaired) electrons. The third-order valence-corrected chi connectivity index (χ3v) is 3.28. The van der Waals surface area contributed by atoms with Gasteiger partial charge >= 0.3 is 0 Å². The highest BCUT2D eigenvalue weighted by atomic mass is 16.5. The molecule has 21 heavy (non-hydrogen) atoms. The van der Waals surface area contributed by atoms with Gasteiger partial charge in [-0.05, 0) is 49.2 Å². The van der Waals surface area contributed by atoms with Crippen molar-refractivity contribution in [1.29, 1.82) is 0 Å². The second-order valence-corrected chi connectivity index (χ2v) is 4.73. The molecule has 4 heteroatoms. The lowest BCUT2D eigenvalue weighted by Gasteiger charge is -2.15. The Morgan fingerprint density at radius 1 is 0.952 bits per heavy atom. The summed E-state index contributed by atoms with van der Waals surface area (Å²) in [6, 6.07) is 11.7. The molecule has 0 unspecified atom stereocenters. The zero-order valence-electron chi connectivity index (χ0n) is 12.7. The SMILES string of the molecule is COc1cccc(OC)c1Oc1cc(CCN)ccc1C. The van der Waals surface area contributed by atoms with E-state index in [9.17, 15) is 0 Å². The van der Waals surface area contributed by atoms with Crippen molar-refractivity contribution in [1.82, 2.24) is 0 Å². The standard InChI is InChI=1S/C17H21NO3/c1-12-7-8-13(9-10-18)11-16(12)21-17-14(19-2)5-4-6-15(17)20-3/h4-8,11H,9-10,18H2,1-3H3. The van der Waals surface area contributed by atoms with Gasteiger partial charge in [-0.2, -0.15) is 0 Å². The largest absolute Gasteiger partial charge is 0.493 e. The Balaban J connectivity index is 2.39. The summed E-state index contributed by atoms with van der Waals surface area (Å²) >= 11 is 0. The zero-order chi connectivity index (χ0) is 15.2. The summed E-state index contributed by atoms with van der Waals surface area (Å²) in [5.74, 6) is 2.63. The first-order valence-corrected chi connectivity index (χ1v) is 6.88. The summed E-state index contributed by atoms with van der Waals surface area (Å²) < 4.78 is 16.8. The molecule has 4 nitrogen and oxygen atoms in total. The van der Waals surface area contributed by atoms with Gasteiger partial charge in [-0.3, -0.25) is 0 Å². The summed E-state index contributed by atoms with van der Waals surface area (Å²) in [6.07, 6.45) is 0.819. The monoisotopic (exact) mass is 287 g/mol. The molecule has 0 saturated carbocycles. The van der Waals surface area contributed by atoms with Gasteiger partial charge in [0.2, 0.25) is 5.75 Å². The van der Waals surface area contributed by atoms with Gasteiger partial charge in [0.1, 0.15) is 5.75 Å². The average Bonchev–Trinajstić information content (AvgIpc) is 2.51. The van der Waals surface area contributed by atoms with E-state index in [0.717, 1.165) is 23.3 Å². The van der Waals surface area contributed by atoms with E-state index in [1.54, 1.807) is 14.2 Å². The van der Waals surface area contributed by atoms with Crippen molar-refractivity contribution >= 4 is 0 Å². The number of ether oxygens (including phenoxy) is 3. The van der Waals surface area contributed by atoms with E-state index in [1.165, 1.54) is 0 Å². The Bertz CT molecular complexity index is 589. The first-order chi connectivity index (χ1) is 10.2. The fourth-order valence-electron chi connectivity index (χ4n) is 2.10. The molecule has 0 heterocycles. The maximum absolute atomic E-state index is 6.05. The average molecular weight is 287 g/mol. The first-order valence-electron chi connectivity index (χ1n) is 6.88. The molecule has 0 aliphatic rings. The van der Waals surface area contributed by atoms with Crippen LogP contribution in [0.15, 0.2) is 36.4 Å². The third kappa shape index (κ3) is 3.47. The Morgan fingerprint density at radius 3 is 2.19 bits per heavy atom. The van der Waals surface area contributed by atoms with Crippen LogP contribution in [0.2, 0.25) is 0 Å². The molecule has 2 N–H and O–H groups in total. The van der Waals surface area contributed by atoms with Crippen molar-refractivity contribution in [3.05, 3.63) is 47.5 Å². The van der Waals surface area contributed by atoms with Crippen LogP contribution in [0, 0.1) is 6.92 Å². The van der Waals surface area contributed by atoms with Crippen LogP contribution >= 0.6 is 0 Å². The van der Waals surface area contributed by atoms with Crippen LogP contribution in [0.25, 0.3) is 0 Å². The summed E-state index contributed by atoms with van der Waals surface area (Å²) in [7, 11) is 3.22. The minimum atomic E-state index is 0.579. The molecular weight excluding hydrogens is 266 g/mol. The van der Waals surface area contributed by atoms with Crippen molar-refractivity contribution in [2.75, 3.05) is 20.8 Å². The number of nitrogens with two attached hydrogens (primary N) is 1. The lowest BCUT2D eigenvalue weighted by atomic mass is 10.1. The molecule has 0 aromatic heterocycles. The molecule has 0 amide bonds. The van der Waals surface area contributed by atoms with E-state index in [0.29, 0.717) is 23.8 Å². The van der Waals surface area contributed by atoms with Crippen LogP contribution in [0.3, 0.4) is 0 Å². The van der Waals surface area contributed by atoms with Gasteiger partial charge in [-0.15, -0.1) is 0 Å². The topological polar surface area (TPSA) is 53.7 Å². The van der Waals surface area contributed by atoms with Gasteiger partial charge in [0.15, 0.2) is 11.5 Å². The van der Waals surface area contributed by atoms with E-state index >= 15 is 0 Å². The number of hydrogen-bond donors (Lipinski definition) is 1. The summed E-state index contributed by atoms with van der Waals surface area (Å²) in [4.78, 5) is 0. The number of aryl methyl sites for hydroxylation is 1. The van der Waals surface area contributed by atoms with E-state index in [2.05, 4.69) is 6.07 Å². The first kappa shape index (κ1) is 15.2. The number of para-hydroxylation sites is 1. The van der Waals surface area contributed by atoms with Gasteiger partial charge in [0.05, 0.1) is 14.2 Å². The fourth-order valence-corrected chi connectivity index (χ4v) is 2.10. The van der Waals surface area contributed by atoms with Crippen molar-refractivity contribution in [2.24, 2.45) is 5.73 Å². The molecule has 0 spiro atoms. The molecular formula is C17H21NO3. The molecule has 112 valence electrons. The van der Waals surface area contributed by atoms with Crippen molar-refractivity contribution < 1.29 is 14.2 Å². The molecule has 2 rings (SSSR count). The summed E-state index contributed by atoms with van der Waals surface area (Å²) in [6.45, 7) is 2.62. The van der Waals surface area contributed by atoms with E-state index in [-0.39, 0.29) is 0 Å². The molecule has 2 aromatic rings. The number of benzene rings is 2. The van der Waals surface area contributed by atoms with Crippen LogP contribution in [-0.2, 0) is 6.42 Å². The van der Waals surface area contributed by atoms with Crippen molar-refractivity contribution in [3.63, 3.8) is 0 Å². The van der Waals surface area contributed by atoms with Crippen LogP contribution in [0.4, 0.5) is 0 Å². The molecule has 0 aliphatic carbocycles. The van der Waals surface area contributed by atoms with E-state index < -0.39 is 0 Å². The quantitative estimate of drug-likeness (QED) is 0.885. The third-order valence-electron chi connectivity index (χ3n) is 3.28. The zero-order valence-corrected chi connectivity index (χ0v) is 12.7. The highest BCUT2D eigenvalue weighted by Gasteiger charge is 2.13. The van der Waals surface area contributed by atoms with E-state index in [1.807, 2.05) is 37.3 Å². The maximum atomic E-state index is 6.05. The molecule has 0 fully saturated rings. The molecule has 0 atom stereocenters. The molecule has 0 saturated heterocycles. The van der Waals surface area contributed by atoms with Crippen molar-refractivity contribution in [2.45, 2.75) is 13.3 Å². The number of hydrogen-bond acceptors (Lipinski definition) is 4. The number of methoxy groups -OCH3 is 2. The Hall–Kier alpha value is -2.20. The van der Waals surface area contributed by atoms with Gasteiger partial charge in [-0.25, -0.2) is 0 Å². The maximum Gasteiger partial charge on any atom is 0.211 e. The van der Waals surface area contributed by atoms with Gasteiger partial charge < -0.3 is 19.9 Å². The predicted molar refractivity (Wildman–Crippen MR) is 83.6 cm³/mol. The Kier molecular flexibility index (Phi) is 5.06. The second kappa shape index (κ2) is 6.99. The van der Waals surface area contributed by atoms with Crippen LogP contribution in [-0.4, -0.2) is 20.8 Å². The molecule has 2 aromatic carbocycles. The Labute approximate surface area is 125 Å². The Morgan fingerprint density at radius 2 is 1.62 bits per heavy atom. The fraction of sp³-hybridized carbons (Fsp3) is 0.294. The van der Waals surface area contributed by atoms with Gasteiger partial charge in [-0.1, -0.05) is 18.2 Å². The minimum absolute atomic E-state index is 0.579. The normalized spacial score (nSPS) is 10.3. The van der Waals surface area contributed by atoms with Gasteiger partial charge in [0, 0.05) is 0 Å². The molecule has 0 bridgehead atoms. The second-order valence-electron chi connectivity index (χ2n) is 4.73. The number of rotatable bonds is 6. The van der Waals surface area contributed by atoms with Crippen LogP contribution < -0.4 is 19.9 Å². The van der Waals surface area contributed by atoms with E-state index in [4.69, 9.17) is 19.9 Å². The highest BCUT2D eigenvalue weighted by molar-refractivity contribution is 5.54. The smallest absolute Gasteiger partial charge is 0.211 e. The lowest BCUT2D eigenvalue weighted by Crippen LogP contribution is -2.03. The lowest BCUT2D eigenvalue weighted by molar-refractivity contribution is 0.345. The van der Waals surface area contributed by atoms with Gasteiger partial charge in [0.25, 0.3) is 0 Å². The molecule has 0 aliphatic heterocycles. The highest BCUT2D eigenvalue weighted by Crippen LogP contribution is 2.40. The summed E-state index contributed by atoms with van der Waals surface area (Å²) in [5.41, 5.74) is 7.80.